The van der Waals surface area contributed by atoms with E-state index < -0.39 is 69.0 Å². The van der Waals surface area contributed by atoms with E-state index in [9.17, 15) is 47.9 Å². The van der Waals surface area contributed by atoms with Gasteiger partial charge in [0.05, 0.1) is 45.6 Å². The summed E-state index contributed by atoms with van der Waals surface area (Å²) in [6, 6.07) is 54.0. The molecule has 0 saturated heterocycles. The molecular formula is C75H77N3O22. The summed E-state index contributed by atoms with van der Waals surface area (Å²) in [5, 5.41) is 42.3. The highest BCUT2D eigenvalue weighted by Gasteiger charge is 2.28. The summed E-state index contributed by atoms with van der Waals surface area (Å²) in [6.07, 6.45) is 0.811. The van der Waals surface area contributed by atoms with Gasteiger partial charge in [0, 0.05) is 55.8 Å². The Morgan fingerprint density at radius 3 is 0.960 bits per heavy atom. The van der Waals surface area contributed by atoms with Crippen molar-refractivity contribution in [2.75, 3.05) is 53.6 Å². The summed E-state index contributed by atoms with van der Waals surface area (Å²) < 4.78 is 32.5. The number of carbonyl (C=O) groups excluding carboxylic acids is 10. The van der Waals surface area contributed by atoms with Gasteiger partial charge in [-0.1, -0.05) is 112 Å². The van der Waals surface area contributed by atoms with Gasteiger partial charge in [-0.15, -0.1) is 0 Å². The molecule has 25 nitrogen and oxygen atoms in total. The zero-order valence-electron chi connectivity index (χ0n) is 52.7. The molecular weight excluding hydrogens is 1290 g/mol. The van der Waals surface area contributed by atoms with E-state index in [1.54, 1.807) is 12.1 Å². The first-order chi connectivity index (χ1) is 47.5. The van der Waals surface area contributed by atoms with E-state index >= 15 is 0 Å². The van der Waals surface area contributed by atoms with Gasteiger partial charge in [-0.25, -0.2) is 33.6 Å². The van der Waals surface area contributed by atoms with Gasteiger partial charge in [0.15, 0.2) is 33.0 Å². The van der Waals surface area contributed by atoms with Crippen molar-refractivity contribution in [1.82, 2.24) is 9.80 Å². The number of esters is 7. The maximum atomic E-state index is 12.9. The van der Waals surface area contributed by atoms with Gasteiger partial charge in [-0.2, -0.15) is 0 Å². The summed E-state index contributed by atoms with van der Waals surface area (Å²) in [7, 11) is 0. The average Bonchev–Trinajstić information content (AvgIpc) is 1.67. The van der Waals surface area contributed by atoms with Gasteiger partial charge >= 0.3 is 41.8 Å². The lowest BCUT2D eigenvalue weighted by Gasteiger charge is -2.16. The van der Waals surface area contributed by atoms with Crippen LogP contribution in [0.2, 0.25) is 0 Å². The molecule has 0 unspecified atom stereocenters. The summed E-state index contributed by atoms with van der Waals surface area (Å²) in [5.74, 6) is -4.59. The molecule has 0 bridgehead atoms. The second kappa shape index (κ2) is 40.9. The molecule has 100 heavy (non-hydrogen) atoms. The average molecular weight is 1370 g/mol. The highest BCUT2D eigenvalue weighted by atomic mass is 16.6. The molecule has 8 aromatic carbocycles. The van der Waals surface area contributed by atoms with Crippen molar-refractivity contribution < 1.29 is 107 Å². The Hall–Kier alpha value is -11.6. The molecule has 0 radical (unpaired) electrons. The number of ketones is 1. The van der Waals surface area contributed by atoms with Gasteiger partial charge in [-0.05, 0) is 137 Å². The van der Waals surface area contributed by atoms with Crippen molar-refractivity contribution in [3.63, 3.8) is 0 Å². The quantitative estimate of drug-likeness (QED) is 0.0103. The van der Waals surface area contributed by atoms with E-state index in [1.807, 2.05) is 101 Å². The van der Waals surface area contributed by atoms with Gasteiger partial charge < -0.3 is 74.2 Å². The van der Waals surface area contributed by atoms with Crippen molar-refractivity contribution in [3.8, 4) is 0 Å². The number of hydrogen-bond acceptors (Lipinski definition) is 23. The summed E-state index contributed by atoms with van der Waals surface area (Å²) >= 11 is 0. The van der Waals surface area contributed by atoms with E-state index in [-0.39, 0.29) is 104 Å². The Morgan fingerprint density at radius 2 is 0.640 bits per heavy atom. The third-order valence-electron chi connectivity index (χ3n) is 14.6. The molecule has 0 aliphatic carbocycles. The molecule has 10 rings (SSSR count). The van der Waals surface area contributed by atoms with Gasteiger partial charge in [0.1, 0.15) is 19.8 Å². The number of Topliss-reactive ketones (excluding diaryl/α,β-unsaturated/α-hetero) is 1. The number of hydrogen-bond donors (Lipinski definition) is 6. The van der Waals surface area contributed by atoms with E-state index in [0.717, 1.165) is 44.5 Å². The number of nitrogens with zero attached hydrogens (tertiary/aromatic N) is 2. The van der Waals surface area contributed by atoms with Crippen molar-refractivity contribution in [2.24, 2.45) is 5.73 Å². The minimum absolute atomic E-state index is 0. The van der Waals surface area contributed by atoms with Crippen LogP contribution in [-0.2, 0) is 72.3 Å². The van der Waals surface area contributed by atoms with E-state index in [4.69, 9.17) is 40.7 Å². The van der Waals surface area contributed by atoms with E-state index in [2.05, 4.69) is 29.8 Å². The molecule has 8 aromatic rings. The molecule has 0 spiro atoms. The molecule has 0 saturated carbocycles. The first-order valence-electron chi connectivity index (χ1n) is 30.3. The standard InChI is InChI=1S/C36H31NO9.C16H16N2O.C11H12O6.C10H10O6.2CH4/c38-23-46-36(43)29-15-13-28(14-16-29)35(42)45-19-18-44-34(41)27-11-9-26(10-12-27)32(39)17-8-24-4-3-5-25(20-24)21-37-22-30-6-1-2-7-31(30)33(37)40;17-9-12-4-3-5-13(8-12)10-18-11-14-6-1-2-7-15(14)16(18)19;12-5-6-16-10(14)8-1-3-9(4-2-8)11(15)17-7-13;11-5-15-9(13)7-1-2-8(4-3-7)10(14)16-6-12;;/h1-7,9-16,20,38H,8,17-19,21-23H2;1-8H,9-11,17H2;1-4,12-13H,5-7H2;1-4,11-12H,5-6H2;2*1H4. The fourth-order valence-corrected chi connectivity index (χ4v) is 9.71. The first-order valence-corrected chi connectivity index (χ1v) is 30.3. The van der Waals surface area contributed by atoms with Crippen LogP contribution in [0.1, 0.15) is 158 Å². The smallest absolute Gasteiger partial charge is 0.340 e. The van der Waals surface area contributed by atoms with Crippen LogP contribution < -0.4 is 5.73 Å². The number of ether oxygens (including phenoxy) is 7. The number of amides is 2. The SMILES string of the molecule is C.C.NCc1cccc(CN2Cc3ccccc3C2=O)c1.O=C(CCc1cccc(CN2Cc3ccccc3C2=O)c1)c1ccc(C(=O)OCCOC(=O)c2ccc(C(=O)OCO)cc2)cc1.O=C(OCO)c1ccc(C(=O)OCCO)cc1.O=C(OCO)c1ccc(C(=O)OCO)cc1. The number of aryl methyl sites for hydroxylation is 1. The molecule has 7 N–H and O–H groups in total. The fraction of sp³-hybridized carbons (Fsp3) is 0.227. The van der Waals surface area contributed by atoms with Crippen molar-refractivity contribution in [1.29, 1.82) is 0 Å². The lowest BCUT2D eigenvalue weighted by molar-refractivity contribution is 0.00523. The van der Waals surface area contributed by atoms with Crippen LogP contribution in [0.25, 0.3) is 0 Å². The fourth-order valence-electron chi connectivity index (χ4n) is 9.71. The van der Waals surface area contributed by atoms with Gasteiger partial charge in [0.25, 0.3) is 11.8 Å². The maximum Gasteiger partial charge on any atom is 0.340 e. The van der Waals surface area contributed by atoms with Crippen LogP contribution in [-0.4, -0.2) is 148 Å². The Kier molecular flexibility index (Phi) is 32.3. The molecule has 25 heteroatoms. The van der Waals surface area contributed by atoms with Crippen molar-refractivity contribution in [3.05, 3.63) is 283 Å². The highest BCUT2D eigenvalue weighted by Crippen LogP contribution is 2.26. The van der Waals surface area contributed by atoms with Gasteiger partial charge in [-0.3, -0.25) is 14.4 Å². The zero-order valence-corrected chi connectivity index (χ0v) is 52.7. The van der Waals surface area contributed by atoms with Crippen LogP contribution in [0.4, 0.5) is 0 Å². The van der Waals surface area contributed by atoms with Crippen LogP contribution in [0.3, 0.4) is 0 Å². The molecule has 2 aliphatic rings. The van der Waals surface area contributed by atoms with Crippen molar-refractivity contribution in [2.45, 2.75) is 60.4 Å². The minimum Gasteiger partial charge on any atom is -0.460 e. The van der Waals surface area contributed by atoms with Crippen molar-refractivity contribution >= 4 is 59.4 Å². The Balaban J connectivity index is 0.000000274. The monoisotopic (exact) mass is 1370 g/mol. The largest absolute Gasteiger partial charge is 0.460 e. The third-order valence-corrected chi connectivity index (χ3v) is 14.6. The van der Waals surface area contributed by atoms with Crippen LogP contribution in [0, 0.1) is 0 Å². The van der Waals surface area contributed by atoms with E-state index in [0.29, 0.717) is 44.7 Å². The Labute approximate surface area is 576 Å². The van der Waals surface area contributed by atoms with E-state index in [1.165, 1.54) is 84.9 Å². The predicted molar refractivity (Wildman–Crippen MR) is 361 cm³/mol. The molecule has 0 atom stereocenters. The number of aliphatic hydroxyl groups is 5. The summed E-state index contributed by atoms with van der Waals surface area (Å²) in [5.41, 5.74) is 15.5. The topological polar surface area (TPSA) is 369 Å². The molecule has 2 heterocycles. The number of nitrogens with two attached hydrogens (primary N) is 1. The minimum atomic E-state index is -0.749. The number of benzene rings is 8. The normalized spacial score (nSPS) is 11.3. The van der Waals surface area contributed by atoms with Crippen LogP contribution in [0.5, 0.6) is 0 Å². The molecule has 524 valence electrons. The molecule has 0 aromatic heterocycles. The first kappa shape index (κ1) is 79.1. The van der Waals surface area contributed by atoms with Crippen LogP contribution in [0.15, 0.2) is 194 Å². The number of rotatable bonds is 25. The molecule has 2 aliphatic heterocycles. The third kappa shape index (κ3) is 23.3. The second-order valence-corrected chi connectivity index (χ2v) is 21.1. The number of carbonyl (C=O) groups is 10. The second-order valence-electron chi connectivity index (χ2n) is 21.1. The van der Waals surface area contributed by atoms with Gasteiger partial charge in [0.2, 0.25) is 0 Å². The number of aliphatic hydroxyl groups excluding tert-OH is 5. The Bertz CT molecular complexity index is 4030. The lowest BCUT2D eigenvalue weighted by atomic mass is 10.0. The highest BCUT2D eigenvalue weighted by molar-refractivity contribution is 6.00. The zero-order chi connectivity index (χ0) is 70.3. The Morgan fingerprint density at radius 1 is 0.350 bits per heavy atom. The van der Waals surface area contributed by atoms with Crippen LogP contribution >= 0.6 is 0 Å². The summed E-state index contributed by atoms with van der Waals surface area (Å²) in [6.45, 7) is -0.581. The predicted octanol–water partition coefficient (Wildman–Crippen LogP) is 8.19. The maximum absolute atomic E-state index is 12.9. The molecule has 0 fully saturated rings. The lowest BCUT2D eigenvalue weighted by Crippen LogP contribution is -2.23. The molecule has 2 amide bonds. The summed E-state index contributed by atoms with van der Waals surface area (Å²) in [4.78, 5) is 122. The number of fused-ring (bicyclic) bond motifs is 2.